The third kappa shape index (κ3) is 5.11. The first kappa shape index (κ1) is 15.2. The van der Waals surface area contributed by atoms with Gasteiger partial charge in [-0.25, -0.2) is 5.84 Å². The number of nitrogens with one attached hydrogen (secondary N) is 1. The molecule has 19 heavy (non-hydrogen) atoms. The molecule has 0 aromatic carbocycles. The third-order valence-electron chi connectivity index (χ3n) is 2.43. The van der Waals surface area contributed by atoms with Gasteiger partial charge in [-0.05, 0) is 12.0 Å². The highest BCUT2D eigenvalue weighted by Gasteiger charge is 2.15. The Morgan fingerprint density at radius 1 is 1.47 bits per heavy atom. The summed E-state index contributed by atoms with van der Waals surface area (Å²) < 4.78 is 5.27. The molecule has 106 valence electrons. The number of hydrogen-bond donors (Lipinski definition) is 3. The summed E-state index contributed by atoms with van der Waals surface area (Å²) in [6, 6.07) is 1.59. The van der Waals surface area contributed by atoms with E-state index in [-0.39, 0.29) is 6.54 Å². The number of nitrogens with two attached hydrogens (primary N) is 2. The van der Waals surface area contributed by atoms with Crippen LogP contribution in [0.3, 0.4) is 0 Å². The van der Waals surface area contributed by atoms with Gasteiger partial charge >= 0.3 is 0 Å². The number of furan rings is 1. The monoisotopic (exact) mass is 268 g/mol. The van der Waals surface area contributed by atoms with Gasteiger partial charge in [0.2, 0.25) is 5.91 Å². The molecule has 0 saturated carbocycles. The average molecular weight is 268 g/mol. The van der Waals surface area contributed by atoms with Gasteiger partial charge in [-0.3, -0.25) is 19.9 Å². The molecule has 0 aliphatic carbocycles. The molecular weight excluding hydrogens is 248 g/mol. The van der Waals surface area contributed by atoms with Gasteiger partial charge in [-0.2, -0.15) is 0 Å². The highest BCUT2D eigenvalue weighted by molar-refractivity contribution is 5.93. The van der Waals surface area contributed by atoms with Gasteiger partial charge in [0.15, 0.2) is 0 Å². The summed E-state index contributed by atoms with van der Waals surface area (Å²) in [7, 11) is 0. The predicted octanol–water partition coefficient (Wildman–Crippen LogP) is -0.174. The summed E-state index contributed by atoms with van der Waals surface area (Å²) in [5, 5.41) is 0. The molecular formula is C12H20N4O3. The molecule has 1 rings (SSSR count). The smallest absolute Gasteiger partial charge is 0.268 e. The Bertz CT molecular complexity index is 442. The zero-order valence-corrected chi connectivity index (χ0v) is 11.2. The van der Waals surface area contributed by atoms with Gasteiger partial charge in [0.25, 0.3) is 5.91 Å². The summed E-state index contributed by atoms with van der Waals surface area (Å²) in [6.45, 7) is 5.37. The number of carbonyl (C=O) groups excluding carboxylic acids is 2. The summed E-state index contributed by atoms with van der Waals surface area (Å²) in [4.78, 5) is 24.2. The summed E-state index contributed by atoms with van der Waals surface area (Å²) in [5.74, 6) is 5.19. The predicted molar refractivity (Wildman–Crippen MR) is 69.7 cm³/mol. The number of hydrogen-bond acceptors (Lipinski definition) is 5. The van der Waals surface area contributed by atoms with E-state index >= 15 is 0 Å². The Kier molecular flexibility index (Phi) is 5.53. The van der Waals surface area contributed by atoms with Crippen LogP contribution < -0.4 is 17.0 Å². The summed E-state index contributed by atoms with van der Waals surface area (Å²) in [5.41, 5.74) is 7.58. The van der Waals surface area contributed by atoms with Crippen LogP contribution in [0.15, 0.2) is 16.7 Å². The molecule has 1 aromatic rings. The van der Waals surface area contributed by atoms with Crippen molar-refractivity contribution in [2.24, 2.45) is 17.5 Å². The van der Waals surface area contributed by atoms with Crippen molar-refractivity contribution in [3.8, 4) is 0 Å². The van der Waals surface area contributed by atoms with Gasteiger partial charge in [0.1, 0.15) is 12.0 Å². The molecule has 7 nitrogen and oxygen atoms in total. The second-order valence-corrected chi connectivity index (χ2v) is 4.80. The van der Waals surface area contributed by atoms with Gasteiger partial charge < -0.3 is 10.2 Å². The molecule has 0 saturated heterocycles. The maximum Gasteiger partial charge on any atom is 0.268 e. The average Bonchev–Trinajstić information content (AvgIpc) is 2.74. The zero-order valence-electron chi connectivity index (χ0n) is 11.2. The molecule has 0 radical (unpaired) electrons. The lowest BCUT2D eigenvalue weighted by atomic mass is 10.2. The van der Waals surface area contributed by atoms with E-state index in [2.05, 4.69) is 0 Å². The number of primary amides is 1. The second kappa shape index (κ2) is 6.91. The number of hydrazine groups is 1. The minimum Gasteiger partial charge on any atom is -0.467 e. The van der Waals surface area contributed by atoms with Crippen molar-refractivity contribution in [3.05, 3.63) is 23.7 Å². The molecule has 0 aliphatic rings. The van der Waals surface area contributed by atoms with Crippen molar-refractivity contribution in [1.82, 2.24) is 10.3 Å². The van der Waals surface area contributed by atoms with Crippen LogP contribution in [0.25, 0.3) is 0 Å². The Balaban J connectivity index is 2.69. The molecule has 7 heteroatoms. The molecule has 5 N–H and O–H groups in total. The Hall–Kier alpha value is -1.86. The Morgan fingerprint density at radius 2 is 2.16 bits per heavy atom. The second-order valence-electron chi connectivity index (χ2n) is 4.80. The SMILES string of the molecule is CC(C)CN(CC(N)=O)Cc1cc(C(=O)NN)co1. The molecule has 0 atom stereocenters. The van der Waals surface area contributed by atoms with Crippen LogP contribution in [0.4, 0.5) is 0 Å². The van der Waals surface area contributed by atoms with Crippen molar-refractivity contribution in [2.75, 3.05) is 13.1 Å². The number of nitrogens with zero attached hydrogens (tertiary/aromatic N) is 1. The topological polar surface area (TPSA) is 115 Å². The standard InChI is InChI=1S/C12H20N4O3/c1-8(2)4-16(6-11(13)17)5-10-3-9(7-19-10)12(18)15-14/h3,7-8H,4-6,14H2,1-2H3,(H2,13,17)(H,15,18). The lowest BCUT2D eigenvalue weighted by Gasteiger charge is -2.21. The van der Waals surface area contributed by atoms with E-state index in [0.717, 1.165) is 0 Å². The number of carbonyl (C=O) groups is 2. The molecule has 2 amide bonds. The first-order valence-electron chi connectivity index (χ1n) is 6.01. The van der Waals surface area contributed by atoms with Crippen LogP contribution in [0.1, 0.15) is 30.0 Å². The molecule has 0 aliphatic heterocycles. The van der Waals surface area contributed by atoms with Crippen LogP contribution in [0, 0.1) is 5.92 Å². The molecule has 0 bridgehead atoms. The Labute approximate surface area is 111 Å². The third-order valence-corrected chi connectivity index (χ3v) is 2.43. The quantitative estimate of drug-likeness (QED) is 0.361. The summed E-state index contributed by atoms with van der Waals surface area (Å²) >= 11 is 0. The van der Waals surface area contributed by atoms with Crippen molar-refractivity contribution < 1.29 is 14.0 Å². The van der Waals surface area contributed by atoms with E-state index in [1.54, 1.807) is 6.07 Å². The van der Waals surface area contributed by atoms with Crippen LogP contribution in [0.2, 0.25) is 0 Å². The maximum atomic E-state index is 11.3. The van der Waals surface area contributed by atoms with Crippen molar-refractivity contribution >= 4 is 11.8 Å². The minimum absolute atomic E-state index is 0.150. The fourth-order valence-electron chi connectivity index (χ4n) is 1.81. The fourth-order valence-corrected chi connectivity index (χ4v) is 1.81. The van der Waals surface area contributed by atoms with Crippen molar-refractivity contribution in [3.63, 3.8) is 0 Å². The van der Waals surface area contributed by atoms with Crippen LogP contribution in [-0.2, 0) is 11.3 Å². The van der Waals surface area contributed by atoms with E-state index < -0.39 is 11.8 Å². The Morgan fingerprint density at radius 3 is 2.68 bits per heavy atom. The normalized spacial score (nSPS) is 11.0. The lowest BCUT2D eigenvalue weighted by molar-refractivity contribution is -0.119. The van der Waals surface area contributed by atoms with E-state index in [0.29, 0.717) is 30.3 Å². The van der Waals surface area contributed by atoms with E-state index in [9.17, 15) is 9.59 Å². The maximum absolute atomic E-state index is 11.3. The van der Waals surface area contributed by atoms with Crippen molar-refractivity contribution in [2.45, 2.75) is 20.4 Å². The van der Waals surface area contributed by atoms with Gasteiger partial charge in [-0.15, -0.1) is 0 Å². The van der Waals surface area contributed by atoms with Gasteiger partial charge in [-0.1, -0.05) is 13.8 Å². The molecule has 1 aromatic heterocycles. The highest BCUT2D eigenvalue weighted by Crippen LogP contribution is 2.11. The van der Waals surface area contributed by atoms with Crippen LogP contribution >= 0.6 is 0 Å². The van der Waals surface area contributed by atoms with Gasteiger partial charge in [0, 0.05) is 6.54 Å². The lowest BCUT2D eigenvalue weighted by Crippen LogP contribution is -2.35. The van der Waals surface area contributed by atoms with Crippen molar-refractivity contribution in [1.29, 1.82) is 0 Å². The largest absolute Gasteiger partial charge is 0.467 e. The highest BCUT2D eigenvalue weighted by atomic mass is 16.3. The van der Waals surface area contributed by atoms with E-state index in [4.69, 9.17) is 16.0 Å². The molecule has 0 spiro atoms. The van der Waals surface area contributed by atoms with E-state index in [1.165, 1.54) is 6.26 Å². The molecule has 0 fully saturated rings. The fraction of sp³-hybridized carbons (Fsp3) is 0.500. The van der Waals surface area contributed by atoms with Gasteiger partial charge in [0.05, 0.1) is 18.7 Å². The molecule has 0 unspecified atom stereocenters. The molecule has 1 heterocycles. The number of nitrogen functional groups attached to an aromatic ring is 1. The summed E-state index contributed by atoms with van der Waals surface area (Å²) in [6.07, 6.45) is 1.33. The van der Waals surface area contributed by atoms with E-state index in [1.807, 2.05) is 24.2 Å². The zero-order chi connectivity index (χ0) is 14.4. The number of rotatable bonds is 7. The first-order chi connectivity index (χ1) is 8.92. The first-order valence-corrected chi connectivity index (χ1v) is 6.01. The number of amides is 2. The van der Waals surface area contributed by atoms with Crippen LogP contribution in [-0.4, -0.2) is 29.8 Å². The minimum atomic E-state index is -0.416. The van der Waals surface area contributed by atoms with Crippen LogP contribution in [0.5, 0.6) is 0 Å².